The van der Waals surface area contributed by atoms with E-state index in [2.05, 4.69) is 25.4 Å². The third kappa shape index (κ3) is 3.19. The summed E-state index contributed by atoms with van der Waals surface area (Å²) in [7, 11) is 0. The maximum absolute atomic E-state index is 14.4. The van der Waals surface area contributed by atoms with Gasteiger partial charge < -0.3 is 10.4 Å². The van der Waals surface area contributed by atoms with E-state index in [0.717, 1.165) is 11.9 Å². The number of hydrogen-bond donors (Lipinski definition) is 2. The van der Waals surface area contributed by atoms with Crippen LogP contribution in [0.2, 0.25) is 5.02 Å². The molecule has 0 aliphatic heterocycles. The first-order chi connectivity index (χ1) is 13.9. The van der Waals surface area contributed by atoms with Crippen molar-refractivity contribution < 1.29 is 9.50 Å². The zero-order chi connectivity index (χ0) is 20.7. The summed E-state index contributed by atoms with van der Waals surface area (Å²) in [5.74, 6) is 0.0763. The second kappa shape index (κ2) is 7.00. The second-order valence-electron chi connectivity index (χ2n) is 6.30. The number of hydrogen-bond acceptors (Lipinski definition) is 7. The van der Waals surface area contributed by atoms with Gasteiger partial charge in [-0.05, 0) is 13.8 Å². The van der Waals surface area contributed by atoms with Crippen molar-refractivity contribution in [3.63, 3.8) is 0 Å². The van der Waals surface area contributed by atoms with Crippen LogP contribution in [0.25, 0.3) is 16.6 Å². The van der Waals surface area contributed by atoms with E-state index in [1.54, 1.807) is 13.0 Å². The Balaban J connectivity index is 1.91. The standard InChI is InChI=1S/C19H13ClFN7O/c1-9-3-15(25-8-24-9)26-19-12-7-28(27-17(12)13(21)6-23-19)18-11(5-22)4-14(29)10(2)16(18)20/h3-4,6-8,29H,1-2H3,(H,23,24,25,26). The number of aryl methyl sites for hydroxylation is 1. The van der Waals surface area contributed by atoms with Crippen molar-refractivity contribution in [3.05, 3.63) is 58.5 Å². The molecule has 0 aliphatic rings. The molecular weight excluding hydrogens is 397 g/mol. The van der Waals surface area contributed by atoms with Gasteiger partial charge in [0.15, 0.2) is 5.82 Å². The first kappa shape index (κ1) is 18.6. The molecule has 1 aromatic carbocycles. The molecule has 8 nitrogen and oxygen atoms in total. The van der Waals surface area contributed by atoms with Crippen LogP contribution in [0.5, 0.6) is 5.75 Å². The van der Waals surface area contributed by atoms with E-state index in [9.17, 15) is 14.8 Å². The van der Waals surface area contributed by atoms with Gasteiger partial charge in [0.2, 0.25) is 0 Å². The summed E-state index contributed by atoms with van der Waals surface area (Å²) in [6, 6.07) is 4.98. The molecule has 10 heteroatoms. The molecule has 4 aromatic rings. The van der Waals surface area contributed by atoms with Gasteiger partial charge >= 0.3 is 0 Å². The largest absolute Gasteiger partial charge is 0.508 e. The Labute approximate surface area is 169 Å². The van der Waals surface area contributed by atoms with E-state index in [4.69, 9.17) is 11.6 Å². The molecule has 0 amide bonds. The number of anilines is 2. The number of aromatic hydroxyl groups is 1. The van der Waals surface area contributed by atoms with Gasteiger partial charge in [-0.15, -0.1) is 0 Å². The Bertz CT molecular complexity index is 1310. The lowest BCUT2D eigenvalue weighted by atomic mass is 10.1. The molecule has 0 saturated heterocycles. The van der Waals surface area contributed by atoms with Gasteiger partial charge in [0.1, 0.15) is 41.0 Å². The molecule has 0 spiro atoms. The van der Waals surface area contributed by atoms with Crippen molar-refractivity contribution >= 4 is 34.1 Å². The molecule has 0 bridgehead atoms. The van der Waals surface area contributed by atoms with Crippen molar-refractivity contribution in [1.29, 1.82) is 5.26 Å². The van der Waals surface area contributed by atoms with Crippen LogP contribution in [0.15, 0.2) is 30.9 Å². The highest BCUT2D eigenvalue weighted by Crippen LogP contribution is 2.35. The number of benzene rings is 1. The molecule has 4 rings (SSSR count). The summed E-state index contributed by atoms with van der Waals surface area (Å²) < 4.78 is 15.7. The minimum Gasteiger partial charge on any atom is -0.508 e. The van der Waals surface area contributed by atoms with Gasteiger partial charge in [-0.1, -0.05) is 11.6 Å². The van der Waals surface area contributed by atoms with Gasteiger partial charge in [-0.2, -0.15) is 10.4 Å². The Hall–Kier alpha value is -3.77. The lowest BCUT2D eigenvalue weighted by Gasteiger charge is -2.10. The fourth-order valence-electron chi connectivity index (χ4n) is 2.86. The van der Waals surface area contributed by atoms with E-state index in [-0.39, 0.29) is 27.5 Å². The van der Waals surface area contributed by atoms with Crippen molar-refractivity contribution in [3.8, 4) is 17.5 Å². The summed E-state index contributed by atoms with van der Waals surface area (Å²) >= 11 is 6.36. The van der Waals surface area contributed by atoms with E-state index in [1.165, 1.54) is 23.3 Å². The fraction of sp³-hybridized carbons (Fsp3) is 0.105. The zero-order valence-electron chi connectivity index (χ0n) is 15.3. The molecule has 0 fully saturated rings. The van der Waals surface area contributed by atoms with Gasteiger partial charge in [0.25, 0.3) is 0 Å². The molecule has 0 radical (unpaired) electrons. The normalized spacial score (nSPS) is 10.9. The molecule has 0 aliphatic carbocycles. The summed E-state index contributed by atoms with van der Waals surface area (Å²) in [5, 5.41) is 27.2. The van der Waals surface area contributed by atoms with Gasteiger partial charge in [0.05, 0.1) is 22.2 Å². The minimum atomic E-state index is -0.631. The van der Waals surface area contributed by atoms with E-state index in [1.807, 2.05) is 13.0 Å². The van der Waals surface area contributed by atoms with Crippen molar-refractivity contribution in [1.82, 2.24) is 24.7 Å². The van der Waals surface area contributed by atoms with Crippen LogP contribution in [-0.4, -0.2) is 29.8 Å². The molecule has 0 unspecified atom stereocenters. The van der Waals surface area contributed by atoms with Crippen LogP contribution >= 0.6 is 11.6 Å². The summed E-state index contributed by atoms with van der Waals surface area (Å²) in [6.45, 7) is 3.43. The summed E-state index contributed by atoms with van der Waals surface area (Å²) in [5.41, 5.74) is 1.51. The number of nitrogens with one attached hydrogen (secondary N) is 1. The Morgan fingerprint density at radius 1 is 1.24 bits per heavy atom. The van der Waals surface area contributed by atoms with E-state index < -0.39 is 5.82 Å². The monoisotopic (exact) mass is 409 g/mol. The average Bonchev–Trinajstić information content (AvgIpc) is 3.14. The quantitative estimate of drug-likeness (QED) is 0.526. The Morgan fingerprint density at radius 2 is 2.03 bits per heavy atom. The minimum absolute atomic E-state index is 0.0407. The molecular formula is C19H13ClFN7O. The van der Waals surface area contributed by atoms with E-state index in [0.29, 0.717) is 22.6 Å². The number of halogens is 2. The summed E-state index contributed by atoms with van der Waals surface area (Å²) in [6.07, 6.45) is 3.96. The maximum Gasteiger partial charge on any atom is 0.169 e. The smallest absolute Gasteiger partial charge is 0.169 e. The SMILES string of the molecule is Cc1cc(Nc2ncc(F)c3nn(-c4c(C#N)cc(O)c(C)c4Cl)cc23)ncn1. The molecule has 0 atom stereocenters. The third-order valence-corrected chi connectivity index (χ3v) is 4.82. The molecule has 3 heterocycles. The number of rotatable bonds is 3. The Morgan fingerprint density at radius 3 is 2.76 bits per heavy atom. The third-order valence-electron chi connectivity index (χ3n) is 4.36. The topological polar surface area (TPSA) is 113 Å². The number of aromatic nitrogens is 5. The van der Waals surface area contributed by atoms with Crippen molar-refractivity contribution in [2.24, 2.45) is 0 Å². The van der Waals surface area contributed by atoms with Crippen LogP contribution in [-0.2, 0) is 0 Å². The lowest BCUT2D eigenvalue weighted by Crippen LogP contribution is -2.01. The van der Waals surface area contributed by atoms with Crippen molar-refractivity contribution in [2.75, 3.05) is 5.32 Å². The molecule has 0 saturated carbocycles. The number of phenolic OH excluding ortho intramolecular Hbond substituents is 1. The molecule has 2 N–H and O–H groups in total. The molecule has 29 heavy (non-hydrogen) atoms. The lowest BCUT2D eigenvalue weighted by molar-refractivity contribution is 0.471. The Kier molecular flexibility index (Phi) is 4.48. The van der Waals surface area contributed by atoms with Crippen molar-refractivity contribution in [2.45, 2.75) is 13.8 Å². The highest BCUT2D eigenvalue weighted by molar-refractivity contribution is 6.33. The predicted molar refractivity (Wildman–Crippen MR) is 105 cm³/mol. The van der Waals surface area contributed by atoms with Crippen LogP contribution in [0.1, 0.15) is 16.8 Å². The fourth-order valence-corrected chi connectivity index (χ4v) is 3.15. The first-order valence-corrected chi connectivity index (χ1v) is 8.79. The number of nitriles is 1. The molecule has 144 valence electrons. The zero-order valence-corrected chi connectivity index (χ0v) is 16.0. The highest BCUT2D eigenvalue weighted by Gasteiger charge is 2.20. The number of pyridine rings is 1. The number of phenols is 1. The predicted octanol–water partition coefficient (Wildman–Crippen LogP) is 3.94. The first-order valence-electron chi connectivity index (χ1n) is 8.41. The average molecular weight is 410 g/mol. The maximum atomic E-state index is 14.4. The second-order valence-corrected chi connectivity index (χ2v) is 6.68. The molecule has 3 aromatic heterocycles. The van der Waals surface area contributed by atoms with E-state index >= 15 is 0 Å². The summed E-state index contributed by atoms with van der Waals surface area (Å²) in [4.78, 5) is 12.2. The van der Waals surface area contributed by atoms with Crippen LogP contribution in [0, 0.1) is 31.0 Å². The van der Waals surface area contributed by atoms with Crippen LogP contribution in [0.3, 0.4) is 0 Å². The van der Waals surface area contributed by atoms with Gasteiger partial charge in [0, 0.05) is 29.6 Å². The number of fused-ring (bicyclic) bond motifs is 1. The number of nitrogens with zero attached hydrogens (tertiary/aromatic N) is 6. The van der Waals surface area contributed by atoms with Crippen LogP contribution in [0.4, 0.5) is 16.0 Å². The van der Waals surface area contributed by atoms with Gasteiger partial charge in [-0.25, -0.2) is 24.0 Å². The highest BCUT2D eigenvalue weighted by atomic mass is 35.5. The van der Waals surface area contributed by atoms with Gasteiger partial charge in [-0.3, -0.25) is 0 Å². The van der Waals surface area contributed by atoms with Crippen LogP contribution < -0.4 is 5.32 Å².